The van der Waals surface area contributed by atoms with Gasteiger partial charge in [0, 0.05) is 3.57 Å². The van der Waals surface area contributed by atoms with Gasteiger partial charge in [-0.2, -0.15) is 0 Å². The van der Waals surface area contributed by atoms with E-state index in [9.17, 15) is 14.7 Å². The summed E-state index contributed by atoms with van der Waals surface area (Å²) >= 11 is 2.00. The van der Waals surface area contributed by atoms with E-state index in [1.54, 1.807) is 13.0 Å². The topological polar surface area (TPSA) is 86.6 Å². The maximum Gasteiger partial charge on any atom is 0.326 e. The Balaban J connectivity index is 2.89. The van der Waals surface area contributed by atoms with E-state index in [0.717, 1.165) is 3.57 Å². The number of carbonyl (C=O) groups excluding carboxylic acids is 1. The molecule has 1 unspecified atom stereocenters. The number of carboxylic acids is 1. The molecule has 5 nitrogen and oxygen atoms in total. The molecular weight excluding hydrogens is 337 g/mol. The Bertz CT molecular complexity index is 447. The number of hydrogen-bond acceptors (Lipinski definition) is 3. The van der Waals surface area contributed by atoms with Gasteiger partial charge in [0.2, 0.25) is 0 Å². The summed E-state index contributed by atoms with van der Waals surface area (Å²) in [6, 6.07) is 3.61. The summed E-state index contributed by atoms with van der Waals surface area (Å²) in [5.41, 5.74) is 0.0802. The van der Waals surface area contributed by atoms with E-state index >= 15 is 0 Å². The highest BCUT2D eigenvalue weighted by Gasteiger charge is 2.20. The number of carbonyl (C=O) groups is 2. The largest absolute Gasteiger partial charge is 0.507 e. The van der Waals surface area contributed by atoms with Crippen LogP contribution in [0.4, 0.5) is 0 Å². The number of carboxylic acid groups (broad SMARTS) is 1. The summed E-state index contributed by atoms with van der Waals surface area (Å²) in [4.78, 5) is 22.5. The minimum Gasteiger partial charge on any atom is -0.507 e. The van der Waals surface area contributed by atoms with Crippen molar-refractivity contribution in [3.05, 3.63) is 27.3 Å². The lowest BCUT2D eigenvalue weighted by Gasteiger charge is -2.13. The molecule has 0 aliphatic heterocycles. The minimum atomic E-state index is -1.09. The van der Waals surface area contributed by atoms with Crippen LogP contribution in [0, 0.1) is 3.57 Å². The molecule has 0 aliphatic rings. The van der Waals surface area contributed by atoms with Crippen molar-refractivity contribution in [2.45, 2.75) is 19.4 Å². The number of rotatable bonds is 4. The van der Waals surface area contributed by atoms with Crippen LogP contribution in [0.5, 0.6) is 5.75 Å². The quantitative estimate of drug-likeness (QED) is 0.721. The lowest BCUT2D eigenvalue weighted by Crippen LogP contribution is -2.40. The smallest absolute Gasteiger partial charge is 0.326 e. The Kier molecular flexibility index (Phi) is 4.73. The number of amides is 1. The Labute approximate surface area is 112 Å². The lowest BCUT2D eigenvalue weighted by molar-refractivity contribution is -0.139. The number of halogens is 1. The molecular formula is C11H12INO4. The number of nitrogens with one attached hydrogen (secondary N) is 1. The molecule has 0 bridgehead atoms. The Morgan fingerprint density at radius 2 is 2.12 bits per heavy atom. The van der Waals surface area contributed by atoms with Gasteiger partial charge in [0.1, 0.15) is 11.8 Å². The van der Waals surface area contributed by atoms with E-state index in [2.05, 4.69) is 5.32 Å². The van der Waals surface area contributed by atoms with Gasteiger partial charge < -0.3 is 15.5 Å². The molecule has 0 aromatic heterocycles. The van der Waals surface area contributed by atoms with Gasteiger partial charge in [0.05, 0.1) is 5.56 Å². The molecule has 0 saturated heterocycles. The summed E-state index contributed by atoms with van der Waals surface area (Å²) in [5.74, 6) is -1.84. The molecule has 0 fully saturated rings. The van der Waals surface area contributed by atoms with Crippen LogP contribution >= 0.6 is 22.6 Å². The second kappa shape index (κ2) is 5.85. The normalized spacial score (nSPS) is 11.9. The summed E-state index contributed by atoms with van der Waals surface area (Å²) < 4.78 is 0.786. The molecule has 92 valence electrons. The van der Waals surface area contributed by atoms with Gasteiger partial charge in [-0.25, -0.2) is 4.79 Å². The number of phenolic OH excluding ortho intramolecular Hbond substituents is 1. The molecule has 0 heterocycles. The lowest BCUT2D eigenvalue weighted by atomic mass is 10.1. The van der Waals surface area contributed by atoms with Crippen LogP contribution < -0.4 is 5.32 Å². The Hall–Kier alpha value is -1.31. The van der Waals surface area contributed by atoms with Crippen LogP contribution in [0.15, 0.2) is 18.2 Å². The molecule has 17 heavy (non-hydrogen) atoms. The van der Waals surface area contributed by atoms with Gasteiger partial charge in [-0.05, 0) is 47.2 Å². The van der Waals surface area contributed by atoms with E-state index < -0.39 is 17.9 Å². The first-order chi connectivity index (χ1) is 7.95. The third-order valence-electron chi connectivity index (χ3n) is 2.21. The van der Waals surface area contributed by atoms with Crippen molar-refractivity contribution in [1.29, 1.82) is 0 Å². The first-order valence-electron chi connectivity index (χ1n) is 4.98. The zero-order chi connectivity index (χ0) is 13.0. The number of aromatic hydroxyl groups is 1. The zero-order valence-corrected chi connectivity index (χ0v) is 11.3. The summed E-state index contributed by atoms with van der Waals surface area (Å²) in [6.07, 6.45) is 0.283. The average Bonchev–Trinajstić information content (AvgIpc) is 2.28. The molecule has 6 heteroatoms. The molecule has 1 rings (SSSR count). The minimum absolute atomic E-state index is 0.0802. The predicted molar refractivity (Wildman–Crippen MR) is 70.0 cm³/mol. The van der Waals surface area contributed by atoms with E-state index in [1.165, 1.54) is 12.1 Å². The zero-order valence-electron chi connectivity index (χ0n) is 9.11. The van der Waals surface area contributed by atoms with Gasteiger partial charge in [-0.15, -0.1) is 0 Å². The van der Waals surface area contributed by atoms with E-state index in [-0.39, 0.29) is 17.7 Å². The molecule has 3 N–H and O–H groups in total. The highest BCUT2D eigenvalue weighted by atomic mass is 127. The third kappa shape index (κ3) is 3.58. The van der Waals surface area contributed by atoms with Gasteiger partial charge in [-0.1, -0.05) is 6.92 Å². The summed E-state index contributed by atoms with van der Waals surface area (Å²) in [7, 11) is 0. The first kappa shape index (κ1) is 13.8. The van der Waals surface area contributed by atoms with Crippen molar-refractivity contribution < 1.29 is 19.8 Å². The third-order valence-corrected chi connectivity index (χ3v) is 2.89. The second-order valence-corrected chi connectivity index (χ2v) is 4.68. The molecule has 0 radical (unpaired) electrons. The van der Waals surface area contributed by atoms with Crippen LogP contribution in [0.25, 0.3) is 0 Å². The highest BCUT2D eigenvalue weighted by Crippen LogP contribution is 2.19. The SMILES string of the molecule is CCC(NC(=O)c1cc(I)ccc1O)C(=O)O. The summed E-state index contributed by atoms with van der Waals surface area (Å²) in [6.45, 7) is 1.66. The second-order valence-electron chi connectivity index (χ2n) is 3.43. The molecule has 0 aliphatic carbocycles. The number of phenols is 1. The molecule has 1 amide bonds. The average molecular weight is 349 g/mol. The highest BCUT2D eigenvalue weighted by molar-refractivity contribution is 14.1. The van der Waals surface area contributed by atoms with Crippen molar-refractivity contribution in [2.75, 3.05) is 0 Å². The predicted octanol–water partition coefficient (Wildman–Crippen LogP) is 1.59. The van der Waals surface area contributed by atoms with E-state index in [0.29, 0.717) is 0 Å². The summed E-state index contributed by atoms with van der Waals surface area (Å²) in [5, 5.41) is 20.7. The number of aliphatic carboxylic acids is 1. The Morgan fingerprint density at radius 3 is 2.65 bits per heavy atom. The maximum absolute atomic E-state index is 11.8. The van der Waals surface area contributed by atoms with Crippen molar-refractivity contribution in [2.24, 2.45) is 0 Å². The molecule has 1 aromatic rings. The van der Waals surface area contributed by atoms with Crippen molar-refractivity contribution in [1.82, 2.24) is 5.32 Å². The van der Waals surface area contributed by atoms with E-state index in [4.69, 9.17) is 5.11 Å². The van der Waals surface area contributed by atoms with Gasteiger partial charge in [0.15, 0.2) is 0 Å². The Morgan fingerprint density at radius 1 is 1.47 bits per heavy atom. The fourth-order valence-electron chi connectivity index (χ4n) is 1.26. The molecule has 1 atom stereocenters. The first-order valence-corrected chi connectivity index (χ1v) is 6.05. The van der Waals surface area contributed by atoms with Crippen LogP contribution in [0.3, 0.4) is 0 Å². The van der Waals surface area contributed by atoms with Crippen LogP contribution in [-0.2, 0) is 4.79 Å². The van der Waals surface area contributed by atoms with Crippen LogP contribution in [0.1, 0.15) is 23.7 Å². The van der Waals surface area contributed by atoms with Crippen molar-refractivity contribution in [3.63, 3.8) is 0 Å². The van der Waals surface area contributed by atoms with Crippen molar-refractivity contribution >= 4 is 34.5 Å². The maximum atomic E-state index is 11.8. The van der Waals surface area contributed by atoms with Crippen LogP contribution in [0.2, 0.25) is 0 Å². The fraction of sp³-hybridized carbons (Fsp3) is 0.273. The number of hydrogen-bond donors (Lipinski definition) is 3. The monoisotopic (exact) mass is 349 g/mol. The molecule has 0 spiro atoms. The van der Waals surface area contributed by atoms with Crippen LogP contribution in [-0.4, -0.2) is 28.1 Å². The molecule has 1 aromatic carbocycles. The number of benzene rings is 1. The van der Waals surface area contributed by atoms with Crippen molar-refractivity contribution in [3.8, 4) is 5.75 Å². The van der Waals surface area contributed by atoms with Gasteiger partial charge >= 0.3 is 5.97 Å². The van der Waals surface area contributed by atoms with Gasteiger partial charge in [0.25, 0.3) is 5.91 Å². The van der Waals surface area contributed by atoms with Gasteiger partial charge in [-0.3, -0.25) is 4.79 Å². The standard InChI is InChI=1S/C11H12INO4/c1-2-8(11(16)17)13-10(15)7-5-6(12)3-4-9(7)14/h3-5,8,14H,2H2,1H3,(H,13,15)(H,16,17). The molecule has 0 saturated carbocycles. The van der Waals surface area contributed by atoms with E-state index in [1.807, 2.05) is 22.6 Å². The fourth-order valence-corrected chi connectivity index (χ4v) is 1.76.